The SMILES string of the molecule is CCS(=O)(=O)c1ccc([C@H](CO)NC(=O)c2ccc(N3C[C@H](Oc4ccc(C(F)(F)F)cc4)C[C@H]3CC(C)=O)cc2)cc1. The number of carbonyl (C=O) groups is 2. The Morgan fingerprint density at radius 3 is 2.19 bits per heavy atom. The molecule has 0 saturated carbocycles. The summed E-state index contributed by atoms with van der Waals surface area (Å²) in [6.07, 6.45) is -4.07. The van der Waals surface area contributed by atoms with Crippen LogP contribution in [-0.2, 0) is 20.8 Å². The number of aliphatic hydroxyl groups is 1. The van der Waals surface area contributed by atoms with Crippen LogP contribution in [0.4, 0.5) is 18.9 Å². The van der Waals surface area contributed by atoms with Gasteiger partial charge in [0, 0.05) is 30.1 Å². The summed E-state index contributed by atoms with van der Waals surface area (Å²) in [5.41, 5.74) is 0.850. The number of halogens is 3. The van der Waals surface area contributed by atoms with E-state index in [9.17, 15) is 36.3 Å². The Morgan fingerprint density at radius 1 is 1.02 bits per heavy atom. The van der Waals surface area contributed by atoms with Crippen molar-refractivity contribution in [3.63, 3.8) is 0 Å². The number of benzene rings is 3. The lowest BCUT2D eigenvalue weighted by Crippen LogP contribution is -2.32. The lowest BCUT2D eigenvalue weighted by atomic mass is 10.1. The number of rotatable bonds is 11. The van der Waals surface area contributed by atoms with E-state index in [0.717, 1.165) is 17.8 Å². The number of hydrogen-bond donors (Lipinski definition) is 2. The van der Waals surface area contributed by atoms with Crippen molar-refractivity contribution in [3.05, 3.63) is 89.5 Å². The first-order valence-corrected chi connectivity index (χ1v) is 15.4. The van der Waals surface area contributed by atoms with Gasteiger partial charge in [-0.1, -0.05) is 19.1 Å². The first-order chi connectivity index (χ1) is 20.3. The smallest absolute Gasteiger partial charge is 0.416 e. The predicted molar refractivity (Wildman–Crippen MR) is 155 cm³/mol. The zero-order valence-electron chi connectivity index (χ0n) is 23.7. The Hall–Kier alpha value is -3.90. The van der Waals surface area contributed by atoms with E-state index in [1.165, 1.54) is 31.2 Å². The van der Waals surface area contributed by atoms with Crippen LogP contribution in [0.15, 0.2) is 77.7 Å². The molecule has 1 aliphatic rings. The fourth-order valence-corrected chi connectivity index (χ4v) is 5.95. The topological polar surface area (TPSA) is 113 Å². The van der Waals surface area contributed by atoms with Crippen LogP contribution in [0.1, 0.15) is 54.2 Å². The van der Waals surface area contributed by atoms with E-state index < -0.39 is 40.1 Å². The third-order valence-corrected chi connectivity index (χ3v) is 9.10. The minimum absolute atomic E-state index is 0.0171. The third kappa shape index (κ3) is 7.94. The average molecular weight is 619 g/mol. The van der Waals surface area contributed by atoms with Crippen molar-refractivity contribution in [1.82, 2.24) is 5.32 Å². The molecule has 1 aliphatic heterocycles. The van der Waals surface area contributed by atoms with Gasteiger partial charge in [0.05, 0.1) is 35.4 Å². The van der Waals surface area contributed by atoms with Crippen LogP contribution < -0.4 is 15.0 Å². The van der Waals surface area contributed by atoms with Gasteiger partial charge in [-0.25, -0.2) is 8.42 Å². The van der Waals surface area contributed by atoms with Crippen molar-refractivity contribution in [1.29, 1.82) is 0 Å². The molecule has 0 bridgehead atoms. The van der Waals surface area contributed by atoms with Crippen molar-refractivity contribution in [2.45, 2.75) is 55.9 Å². The van der Waals surface area contributed by atoms with Crippen molar-refractivity contribution in [2.24, 2.45) is 0 Å². The number of amides is 1. The predicted octanol–water partition coefficient (Wildman–Crippen LogP) is 4.97. The van der Waals surface area contributed by atoms with Crippen LogP contribution in [0.5, 0.6) is 5.75 Å². The number of aliphatic hydroxyl groups excluding tert-OH is 1. The number of sulfone groups is 1. The average Bonchev–Trinajstić information content (AvgIpc) is 3.36. The number of nitrogens with zero attached hydrogens (tertiary/aromatic N) is 1. The molecule has 1 heterocycles. The molecule has 230 valence electrons. The highest BCUT2D eigenvalue weighted by Gasteiger charge is 2.35. The third-order valence-electron chi connectivity index (χ3n) is 7.35. The molecule has 3 atom stereocenters. The Bertz CT molecular complexity index is 1530. The second-order valence-corrected chi connectivity index (χ2v) is 12.7. The molecule has 0 aliphatic carbocycles. The molecular formula is C31H33F3N2O6S. The minimum atomic E-state index is -4.44. The van der Waals surface area contributed by atoms with Crippen LogP contribution in [0, 0.1) is 0 Å². The molecule has 3 aromatic carbocycles. The summed E-state index contributed by atoms with van der Waals surface area (Å²) < 4.78 is 68.8. The van der Waals surface area contributed by atoms with Crippen molar-refractivity contribution >= 4 is 27.2 Å². The van der Waals surface area contributed by atoms with Crippen LogP contribution in [0.3, 0.4) is 0 Å². The van der Waals surface area contributed by atoms with Gasteiger partial charge >= 0.3 is 6.18 Å². The molecule has 1 saturated heterocycles. The lowest BCUT2D eigenvalue weighted by molar-refractivity contribution is -0.137. The fourth-order valence-electron chi connectivity index (χ4n) is 5.07. The first kappa shape index (κ1) is 32.0. The molecule has 12 heteroatoms. The standard InChI is InChI=1S/C31H33F3N2O6S/c1-3-43(40,41)28-14-6-21(7-15-28)29(19-37)35-30(39)22-4-10-24(11-5-22)36-18-27(17-25(36)16-20(2)38)42-26-12-8-23(9-13-26)31(32,33)34/h4-15,25,27,29,37H,3,16-19H2,1-2H3,(H,35,39)/t25-,27-,29+/m1/s1. The number of ether oxygens (including phenoxy) is 1. The Kier molecular flexibility index (Phi) is 9.81. The van der Waals surface area contributed by atoms with Gasteiger partial charge in [0.15, 0.2) is 9.84 Å². The highest BCUT2D eigenvalue weighted by Crippen LogP contribution is 2.33. The maximum Gasteiger partial charge on any atom is 0.416 e. The van der Waals surface area contributed by atoms with Crippen molar-refractivity contribution in [2.75, 3.05) is 23.8 Å². The zero-order valence-corrected chi connectivity index (χ0v) is 24.5. The van der Waals surface area contributed by atoms with Gasteiger partial charge in [-0.2, -0.15) is 13.2 Å². The van der Waals surface area contributed by atoms with Gasteiger partial charge in [-0.05, 0) is 73.2 Å². The Morgan fingerprint density at radius 2 is 1.65 bits per heavy atom. The van der Waals surface area contributed by atoms with E-state index >= 15 is 0 Å². The van der Waals surface area contributed by atoms with E-state index in [0.29, 0.717) is 29.8 Å². The quantitative estimate of drug-likeness (QED) is 0.312. The molecule has 0 radical (unpaired) electrons. The zero-order chi connectivity index (χ0) is 31.4. The van der Waals surface area contributed by atoms with Gasteiger partial charge in [0.25, 0.3) is 5.91 Å². The van der Waals surface area contributed by atoms with E-state index in [4.69, 9.17) is 4.74 Å². The molecule has 1 amide bonds. The van der Waals surface area contributed by atoms with Crippen molar-refractivity contribution in [3.8, 4) is 5.75 Å². The molecule has 3 aromatic rings. The molecular weight excluding hydrogens is 585 g/mol. The number of anilines is 1. The molecule has 8 nitrogen and oxygen atoms in total. The monoisotopic (exact) mass is 618 g/mol. The van der Waals surface area contributed by atoms with E-state index in [-0.39, 0.29) is 35.0 Å². The largest absolute Gasteiger partial charge is 0.489 e. The Labute approximate surface area is 248 Å². The van der Waals surface area contributed by atoms with Gasteiger partial charge in [0.2, 0.25) is 0 Å². The van der Waals surface area contributed by atoms with E-state index in [1.807, 2.05) is 4.90 Å². The van der Waals surface area contributed by atoms with Gasteiger partial charge in [0.1, 0.15) is 17.6 Å². The normalized spacial score (nSPS) is 17.9. The van der Waals surface area contributed by atoms with E-state index in [2.05, 4.69) is 5.32 Å². The first-order valence-electron chi connectivity index (χ1n) is 13.7. The number of nitrogens with one attached hydrogen (secondary N) is 1. The highest BCUT2D eigenvalue weighted by molar-refractivity contribution is 7.91. The molecule has 43 heavy (non-hydrogen) atoms. The summed E-state index contributed by atoms with van der Waals surface area (Å²) in [6.45, 7) is 3.03. The van der Waals surface area contributed by atoms with Gasteiger partial charge < -0.3 is 20.1 Å². The maximum atomic E-state index is 13.0. The summed E-state index contributed by atoms with van der Waals surface area (Å²) in [5.74, 6) is -0.200. The number of hydrogen-bond acceptors (Lipinski definition) is 7. The second-order valence-electron chi connectivity index (χ2n) is 10.4. The van der Waals surface area contributed by atoms with Crippen LogP contribution >= 0.6 is 0 Å². The summed E-state index contributed by atoms with van der Waals surface area (Å²) in [6, 6.07) is 16.2. The van der Waals surface area contributed by atoms with E-state index in [1.54, 1.807) is 43.3 Å². The molecule has 0 aromatic heterocycles. The molecule has 4 rings (SSSR count). The summed E-state index contributed by atoms with van der Waals surface area (Å²) in [5, 5.41) is 12.6. The summed E-state index contributed by atoms with van der Waals surface area (Å²) in [7, 11) is -3.38. The fraction of sp³-hybridized carbons (Fsp3) is 0.355. The van der Waals surface area contributed by atoms with Crippen LogP contribution in [-0.4, -0.2) is 56.3 Å². The molecule has 1 fully saturated rings. The summed E-state index contributed by atoms with van der Waals surface area (Å²) in [4.78, 5) is 27.1. The van der Waals surface area contributed by atoms with Gasteiger partial charge in [-0.15, -0.1) is 0 Å². The maximum absolute atomic E-state index is 13.0. The van der Waals surface area contributed by atoms with Crippen LogP contribution in [0.2, 0.25) is 0 Å². The highest BCUT2D eigenvalue weighted by atomic mass is 32.2. The number of carbonyl (C=O) groups excluding carboxylic acids is 2. The molecule has 2 N–H and O–H groups in total. The lowest BCUT2D eigenvalue weighted by Gasteiger charge is -2.26. The molecule has 0 spiro atoms. The van der Waals surface area contributed by atoms with Crippen molar-refractivity contribution < 1.29 is 41.0 Å². The molecule has 0 unspecified atom stereocenters. The van der Waals surface area contributed by atoms with Crippen LogP contribution in [0.25, 0.3) is 0 Å². The number of alkyl halides is 3. The second kappa shape index (κ2) is 13.2. The number of ketones is 1. The summed E-state index contributed by atoms with van der Waals surface area (Å²) >= 11 is 0. The minimum Gasteiger partial charge on any atom is -0.489 e. The Balaban J connectivity index is 1.43. The van der Waals surface area contributed by atoms with Gasteiger partial charge in [-0.3, -0.25) is 9.59 Å². The number of Topliss-reactive ketones (excluding diaryl/α,β-unsaturated/α-hetero) is 1.